The minimum absolute atomic E-state index is 0.289. The molecule has 172 valence electrons. The van der Waals surface area contributed by atoms with Gasteiger partial charge in [0.2, 0.25) is 0 Å². The molecular formula is C27H24FN3O3. The molecule has 0 fully saturated rings. The smallest absolute Gasteiger partial charge is 0.331 e. The Hall–Kier alpha value is -4.26. The summed E-state index contributed by atoms with van der Waals surface area (Å²) in [6.45, 7) is 1.67. The average Bonchev–Trinajstić information content (AvgIpc) is 3.05. The highest BCUT2D eigenvalue weighted by Gasteiger charge is 2.20. The number of nitrogens with two attached hydrogens (primary N) is 1. The molecule has 2 aromatic rings. The standard InChI is InChI=1S/C27H24FN3O3/c1-16(29)25-23(30)15-24(17-4-2-5-19(9-8-17)27(32)33)31-26(25)18-10-12-21(13-11-18)34-22-7-3-6-20(28)14-22/h2-4,6-10,12,14-15,29H,5,11,13H2,1H3,(H2,30,31)(H,32,33). The molecule has 0 bridgehead atoms. The molecule has 0 spiro atoms. The van der Waals surface area contributed by atoms with Gasteiger partial charge >= 0.3 is 5.97 Å². The van der Waals surface area contributed by atoms with Crippen LogP contribution in [0.1, 0.15) is 43.1 Å². The lowest BCUT2D eigenvalue weighted by molar-refractivity contribution is -0.132. The number of benzene rings is 1. The van der Waals surface area contributed by atoms with E-state index in [1.54, 1.807) is 43.4 Å². The number of carboxylic acid groups (broad SMARTS) is 1. The second-order valence-electron chi connectivity index (χ2n) is 8.06. The van der Waals surface area contributed by atoms with Gasteiger partial charge in [-0.15, -0.1) is 0 Å². The van der Waals surface area contributed by atoms with Gasteiger partial charge in [-0.2, -0.15) is 0 Å². The zero-order chi connectivity index (χ0) is 24.2. The molecule has 0 unspecified atom stereocenters. The fourth-order valence-corrected chi connectivity index (χ4v) is 3.88. The van der Waals surface area contributed by atoms with Crippen LogP contribution in [-0.2, 0) is 4.79 Å². The molecule has 1 aromatic heterocycles. The molecule has 7 heteroatoms. The molecule has 0 aliphatic heterocycles. The van der Waals surface area contributed by atoms with Crippen molar-refractivity contribution in [3.8, 4) is 5.75 Å². The molecule has 0 atom stereocenters. The predicted molar refractivity (Wildman–Crippen MR) is 131 cm³/mol. The van der Waals surface area contributed by atoms with E-state index >= 15 is 0 Å². The summed E-state index contributed by atoms with van der Waals surface area (Å²) < 4.78 is 19.2. The lowest BCUT2D eigenvalue weighted by Gasteiger charge is -2.19. The number of carboxylic acids is 1. The molecule has 0 radical (unpaired) electrons. The second-order valence-corrected chi connectivity index (χ2v) is 8.06. The highest BCUT2D eigenvalue weighted by molar-refractivity contribution is 6.05. The maximum absolute atomic E-state index is 13.4. The summed E-state index contributed by atoms with van der Waals surface area (Å²) >= 11 is 0. The van der Waals surface area contributed by atoms with E-state index in [4.69, 9.17) is 20.9 Å². The molecule has 6 nitrogen and oxygen atoms in total. The number of anilines is 1. The third kappa shape index (κ3) is 5.04. The molecule has 34 heavy (non-hydrogen) atoms. The molecular weight excluding hydrogens is 433 g/mol. The first kappa shape index (κ1) is 22.9. The van der Waals surface area contributed by atoms with E-state index in [1.165, 1.54) is 12.1 Å². The quantitative estimate of drug-likeness (QED) is 0.483. The minimum Gasteiger partial charge on any atom is -0.478 e. The Morgan fingerprint density at radius 1 is 1.18 bits per heavy atom. The van der Waals surface area contributed by atoms with E-state index in [9.17, 15) is 14.3 Å². The van der Waals surface area contributed by atoms with E-state index in [1.807, 2.05) is 18.2 Å². The number of nitrogens with one attached hydrogen (secondary N) is 1. The van der Waals surface area contributed by atoms with Crippen LogP contribution in [0.15, 0.2) is 78.1 Å². The van der Waals surface area contributed by atoms with E-state index in [0.29, 0.717) is 59.1 Å². The Labute approximate surface area is 196 Å². The van der Waals surface area contributed by atoms with E-state index in [0.717, 1.165) is 11.1 Å². The fraction of sp³-hybridized carbons (Fsp3) is 0.148. The van der Waals surface area contributed by atoms with Gasteiger partial charge in [-0.3, -0.25) is 0 Å². The first-order valence-electron chi connectivity index (χ1n) is 10.8. The summed E-state index contributed by atoms with van der Waals surface area (Å²) in [4.78, 5) is 16.1. The second kappa shape index (κ2) is 9.70. The maximum atomic E-state index is 13.4. The average molecular weight is 458 g/mol. The summed E-state index contributed by atoms with van der Waals surface area (Å²) in [5, 5.41) is 17.5. The molecule has 0 saturated carbocycles. The molecule has 0 amide bonds. The van der Waals surface area contributed by atoms with E-state index < -0.39 is 5.97 Å². The lowest BCUT2D eigenvalue weighted by atomic mass is 9.93. The van der Waals surface area contributed by atoms with Gasteiger partial charge in [-0.1, -0.05) is 36.4 Å². The van der Waals surface area contributed by atoms with Crippen LogP contribution >= 0.6 is 0 Å². The number of rotatable bonds is 6. The van der Waals surface area contributed by atoms with Crippen molar-refractivity contribution in [1.29, 1.82) is 5.41 Å². The number of carbonyl (C=O) groups is 1. The number of nitrogen functional groups attached to an aromatic ring is 1. The Morgan fingerprint density at radius 2 is 2.00 bits per heavy atom. The highest BCUT2D eigenvalue weighted by Crippen LogP contribution is 2.33. The summed E-state index contributed by atoms with van der Waals surface area (Å²) in [5.74, 6) is -0.183. The van der Waals surface area contributed by atoms with Gasteiger partial charge in [0.25, 0.3) is 0 Å². The molecule has 1 aromatic carbocycles. The number of ether oxygens (including phenoxy) is 1. The maximum Gasteiger partial charge on any atom is 0.331 e. The monoisotopic (exact) mass is 457 g/mol. The summed E-state index contributed by atoms with van der Waals surface area (Å²) in [6, 6.07) is 7.70. The van der Waals surface area contributed by atoms with Crippen LogP contribution in [0, 0.1) is 11.2 Å². The molecule has 1 heterocycles. The number of allylic oxidation sites excluding steroid dienone is 9. The van der Waals surface area contributed by atoms with Crippen LogP contribution in [0.25, 0.3) is 11.1 Å². The Kier molecular flexibility index (Phi) is 6.54. The van der Waals surface area contributed by atoms with Crippen LogP contribution < -0.4 is 10.5 Å². The predicted octanol–water partition coefficient (Wildman–Crippen LogP) is 5.69. The van der Waals surface area contributed by atoms with Crippen molar-refractivity contribution in [1.82, 2.24) is 4.98 Å². The number of aromatic nitrogens is 1. The van der Waals surface area contributed by atoms with Crippen LogP contribution in [-0.4, -0.2) is 21.8 Å². The Bertz CT molecular complexity index is 1330. The van der Waals surface area contributed by atoms with Gasteiger partial charge in [0.15, 0.2) is 0 Å². The molecule has 2 aliphatic carbocycles. The fourth-order valence-electron chi connectivity index (χ4n) is 3.88. The number of hydrogen-bond acceptors (Lipinski definition) is 5. The lowest BCUT2D eigenvalue weighted by Crippen LogP contribution is -2.10. The third-order valence-corrected chi connectivity index (χ3v) is 5.56. The van der Waals surface area contributed by atoms with Crippen molar-refractivity contribution in [2.24, 2.45) is 0 Å². The number of hydrogen-bond donors (Lipinski definition) is 3. The largest absolute Gasteiger partial charge is 0.478 e. The summed E-state index contributed by atoms with van der Waals surface area (Å²) in [7, 11) is 0. The van der Waals surface area contributed by atoms with Crippen molar-refractivity contribution in [2.45, 2.75) is 26.2 Å². The van der Waals surface area contributed by atoms with Gasteiger partial charge in [0.1, 0.15) is 17.3 Å². The molecule has 4 rings (SSSR count). The first-order valence-corrected chi connectivity index (χ1v) is 10.8. The number of nitrogens with zero attached hydrogens (tertiary/aromatic N) is 1. The molecule has 0 saturated heterocycles. The summed E-state index contributed by atoms with van der Waals surface area (Å²) in [5.41, 5.74) is 10.8. The first-order chi connectivity index (χ1) is 16.3. The van der Waals surface area contributed by atoms with Crippen LogP contribution in [0.3, 0.4) is 0 Å². The normalized spacial score (nSPS) is 15.5. The van der Waals surface area contributed by atoms with Gasteiger partial charge in [0, 0.05) is 35.0 Å². The minimum atomic E-state index is -0.958. The highest BCUT2D eigenvalue weighted by atomic mass is 19.1. The Morgan fingerprint density at radius 3 is 2.68 bits per heavy atom. The van der Waals surface area contributed by atoms with E-state index in [2.05, 4.69) is 0 Å². The molecule has 2 aliphatic rings. The van der Waals surface area contributed by atoms with Crippen molar-refractivity contribution in [3.63, 3.8) is 0 Å². The van der Waals surface area contributed by atoms with Crippen LogP contribution in [0.5, 0.6) is 5.75 Å². The van der Waals surface area contributed by atoms with Crippen molar-refractivity contribution in [2.75, 3.05) is 5.73 Å². The SMILES string of the molecule is CC(=N)c1c(N)cc(C2=CC=C(C(=O)O)CC=C2)nc1C1=CC=C(Oc2cccc(F)c2)CC1. The summed E-state index contributed by atoms with van der Waals surface area (Å²) in [6.07, 6.45) is 12.1. The van der Waals surface area contributed by atoms with Crippen molar-refractivity contribution < 1.29 is 19.0 Å². The molecule has 4 N–H and O–H groups in total. The van der Waals surface area contributed by atoms with E-state index in [-0.39, 0.29) is 11.4 Å². The van der Waals surface area contributed by atoms with Gasteiger partial charge in [0.05, 0.1) is 11.4 Å². The van der Waals surface area contributed by atoms with Crippen LogP contribution in [0.2, 0.25) is 0 Å². The topological polar surface area (TPSA) is 109 Å². The number of pyridine rings is 1. The zero-order valence-electron chi connectivity index (χ0n) is 18.6. The Balaban J connectivity index is 1.71. The number of aliphatic carboxylic acids is 1. The van der Waals surface area contributed by atoms with Gasteiger partial charge in [-0.05, 0) is 55.2 Å². The van der Waals surface area contributed by atoms with Gasteiger partial charge in [-0.25, -0.2) is 14.2 Å². The van der Waals surface area contributed by atoms with Gasteiger partial charge < -0.3 is 21.0 Å². The van der Waals surface area contributed by atoms with Crippen molar-refractivity contribution in [3.05, 3.63) is 101 Å². The third-order valence-electron chi connectivity index (χ3n) is 5.56. The van der Waals surface area contributed by atoms with Crippen LogP contribution in [0.4, 0.5) is 10.1 Å². The van der Waals surface area contributed by atoms with Crippen molar-refractivity contribution >= 4 is 28.5 Å². The zero-order valence-corrected chi connectivity index (χ0v) is 18.6. The number of halogens is 1.